The molecule has 62 heavy (non-hydrogen) atoms. The van der Waals surface area contributed by atoms with E-state index in [1.165, 1.54) is 9.30 Å². The number of pyridine rings is 1. The monoisotopic (exact) mass is 858 g/mol. The molecule has 14 nitrogen and oxygen atoms in total. The van der Waals surface area contributed by atoms with Gasteiger partial charge in [-0.25, -0.2) is 24.0 Å². The molecule has 0 radical (unpaired) electrons. The van der Waals surface area contributed by atoms with Gasteiger partial charge in [-0.2, -0.15) is 0 Å². The third kappa shape index (κ3) is 10.2. The van der Waals surface area contributed by atoms with E-state index in [0.717, 1.165) is 0 Å². The molecule has 14 heteroatoms. The Labute approximate surface area is 363 Å². The largest absolute Gasteiger partial charge is 0.459 e. The first-order valence-electron chi connectivity index (χ1n) is 20.7. The molecule has 1 aromatic carbocycles. The summed E-state index contributed by atoms with van der Waals surface area (Å²) in [7, 11) is 0. The Morgan fingerprint density at radius 1 is 0.500 bits per heavy atom. The highest BCUT2D eigenvalue weighted by atomic mass is 16.6. The minimum Gasteiger partial charge on any atom is -0.459 e. The number of anilines is 1. The van der Waals surface area contributed by atoms with Gasteiger partial charge in [0.25, 0.3) is 0 Å². The van der Waals surface area contributed by atoms with Gasteiger partial charge >= 0.3 is 35.8 Å². The molecule has 0 bridgehead atoms. The van der Waals surface area contributed by atoms with Crippen molar-refractivity contribution in [1.82, 2.24) is 4.40 Å². The maximum atomic E-state index is 14.8. The Morgan fingerprint density at radius 3 is 1.44 bits per heavy atom. The topological polar surface area (TPSA) is 165 Å². The highest BCUT2D eigenvalue weighted by molar-refractivity contribution is 6.18. The van der Waals surface area contributed by atoms with Crippen LogP contribution >= 0.6 is 0 Å². The molecule has 4 heterocycles. The van der Waals surface area contributed by atoms with Crippen molar-refractivity contribution in [2.45, 2.75) is 164 Å². The molecule has 2 aromatic heterocycles. The van der Waals surface area contributed by atoms with Crippen molar-refractivity contribution >= 4 is 64.0 Å². The van der Waals surface area contributed by atoms with E-state index < -0.39 is 86.9 Å². The fourth-order valence-corrected chi connectivity index (χ4v) is 7.22. The van der Waals surface area contributed by atoms with Gasteiger partial charge in [0.15, 0.2) is 0 Å². The van der Waals surface area contributed by atoms with Crippen molar-refractivity contribution in [2.75, 3.05) is 4.90 Å². The van der Waals surface area contributed by atoms with E-state index in [1.807, 2.05) is 0 Å². The quantitative estimate of drug-likeness (QED) is 0.170. The summed E-state index contributed by atoms with van der Waals surface area (Å²) >= 11 is 0. The minimum absolute atomic E-state index is 0.0750. The molecule has 0 unspecified atom stereocenters. The summed E-state index contributed by atoms with van der Waals surface area (Å²) in [6, 6.07) is 5.73. The van der Waals surface area contributed by atoms with Gasteiger partial charge in [0, 0.05) is 10.9 Å². The van der Waals surface area contributed by atoms with Crippen LogP contribution in [0.5, 0.6) is 0 Å². The molecule has 2 aliphatic heterocycles. The number of fused-ring (bicyclic) bond motifs is 7. The molecule has 2 atom stereocenters. The molecule has 3 aromatic rings. The van der Waals surface area contributed by atoms with Crippen LogP contribution in [0.3, 0.4) is 0 Å². The number of carbonyl (C=O) groups excluding carboxylic acids is 6. The molecule has 5 rings (SSSR count). The van der Waals surface area contributed by atoms with Crippen LogP contribution in [0.1, 0.15) is 161 Å². The van der Waals surface area contributed by atoms with Crippen LogP contribution < -0.4 is 4.90 Å². The van der Waals surface area contributed by atoms with Gasteiger partial charge in [0.2, 0.25) is 0 Å². The molecule has 336 valence electrons. The average Bonchev–Trinajstić information content (AvgIpc) is 3.58. The standard InChI is InChI=1S/C48H62N2O12/c1-43(2,3)57-37(51)29-27-23-21-25-19-20-26-22-24-28-30(38(52)58-44(4,5)6)32(40(54)60-46(10,11)12)36(42(56)62-48(16,17)18)50(28)34(26)33(25)49(27)35(41(55)61-47(13,14)15)31(29)39(53)59-45(7,8)9/h19-24,27,29H,1-18H3/t27-,29-/m0/s1. The van der Waals surface area contributed by atoms with Crippen LogP contribution in [0.25, 0.3) is 22.5 Å². The minimum atomic E-state index is -1.42. The van der Waals surface area contributed by atoms with E-state index in [-0.39, 0.29) is 39.2 Å². The summed E-state index contributed by atoms with van der Waals surface area (Å²) in [5.74, 6) is -6.99. The Bertz CT molecular complexity index is 2440. The van der Waals surface area contributed by atoms with Crippen molar-refractivity contribution < 1.29 is 57.2 Å². The fourth-order valence-electron chi connectivity index (χ4n) is 7.22. The molecule has 0 saturated heterocycles. The second-order valence-electron chi connectivity index (χ2n) is 21.6. The van der Waals surface area contributed by atoms with E-state index in [1.54, 1.807) is 161 Å². The average molecular weight is 859 g/mol. The SMILES string of the molecule is CC(C)(C)OC(=O)C1=C(C(=O)OC(C)(C)C)N2c3c(ccc4ccc5c(C(=O)OC(C)(C)C)c(C(=O)OC(C)(C)C)c(C(=O)OC(C)(C)C)n5c34)C=C[C@H]2[C@@H]1C(=O)OC(C)(C)C. The van der Waals surface area contributed by atoms with E-state index in [2.05, 4.69) is 0 Å². The first-order chi connectivity index (χ1) is 28.0. The summed E-state index contributed by atoms with van der Waals surface area (Å²) < 4.78 is 37.0. The maximum Gasteiger partial charge on any atom is 0.356 e. The summed E-state index contributed by atoms with van der Waals surface area (Å²) in [6.07, 6.45) is 3.42. The summed E-state index contributed by atoms with van der Waals surface area (Å²) in [5.41, 5.74) is -6.92. The highest BCUT2D eigenvalue weighted by Crippen LogP contribution is 2.49. The highest BCUT2D eigenvalue weighted by Gasteiger charge is 2.54. The molecule has 2 aliphatic rings. The van der Waals surface area contributed by atoms with Gasteiger partial charge in [-0.05, 0) is 131 Å². The van der Waals surface area contributed by atoms with Crippen molar-refractivity contribution in [3.05, 3.63) is 64.0 Å². The zero-order valence-electron chi connectivity index (χ0n) is 39.4. The van der Waals surface area contributed by atoms with Gasteiger partial charge < -0.3 is 33.3 Å². The number of benzene rings is 1. The zero-order valence-corrected chi connectivity index (χ0v) is 39.4. The number of carbonyl (C=O) groups is 6. The number of rotatable bonds is 6. The Morgan fingerprint density at radius 2 is 0.935 bits per heavy atom. The molecule has 0 aliphatic carbocycles. The predicted molar refractivity (Wildman–Crippen MR) is 234 cm³/mol. The van der Waals surface area contributed by atoms with Gasteiger partial charge in [-0.15, -0.1) is 0 Å². The molecule has 0 saturated carbocycles. The molecule has 0 N–H and O–H groups in total. The lowest BCUT2D eigenvalue weighted by Gasteiger charge is -2.35. The Hall–Kier alpha value is -5.66. The first kappa shape index (κ1) is 47.4. The van der Waals surface area contributed by atoms with Crippen LogP contribution in [0, 0.1) is 5.92 Å². The fraction of sp³-hybridized carbons (Fsp3) is 0.542. The van der Waals surface area contributed by atoms with Crippen LogP contribution in [-0.4, -0.2) is 79.9 Å². The lowest BCUT2D eigenvalue weighted by atomic mass is 9.90. The third-order valence-corrected chi connectivity index (χ3v) is 8.90. The van der Waals surface area contributed by atoms with Gasteiger partial charge in [-0.1, -0.05) is 30.4 Å². The van der Waals surface area contributed by atoms with E-state index >= 15 is 0 Å². The van der Waals surface area contributed by atoms with Gasteiger partial charge in [0.05, 0.1) is 28.3 Å². The maximum absolute atomic E-state index is 14.8. The number of esters is 6. The second-order valence-corrected chi connectivity index (χ2v) is 21.6. The molecule has 0 fully saturated rings. The van der Waals surface area contributed by atoms with E-state index in [0.29, 0.717) is 10.9 Å². The van der Waals surface area contributed by atoms with Crippen molar-refractivity contribution in [1.29, 1.82) is 0 Å². The smallest absolute Gasteiger partial charge is 0.356 e. The Balaban J connectivity index is 2.05. The normalized spacial score (nSPS) is 17.1. The number of ether oxygens (including phenoxy) is 6. The van der Waals surface area contributed by atoms with E-state index in [9.17, 15) is 28.8 Å². The number of hydrogen-bond acceptors (Lipinski definition) is 13. The third-order valence-electron chi connectivity index (χ3n) is 8.90. The second kappa shape index (κ2) is 15.6. The van der Waals surface area contributed by atoms with Crippen LogP contribution in [-0.2, 0) is 42.8 Å². The molecule has 0 spiro atoms. The molecular formula is C48H62N2O12. The summed E-state index contributed by atoms with van der Waals surface area (Å²) in [6.45, 7) is 30.0. The predicted octanol–water partition coefficient (Wildman–Crippen LogP) is 9.07. The lowest BCUT2D eigenvalue weighted by Crippen LogP contribution is -2.42. The van der Waals surface area contributed by atoms with Crippen molar-refractivity contribution in [3.63, 3.8) is 0 Å². The van der Waals surface area contributed by atoms with Crippen LogP contribution in [0.4, 0.5) is 5.69 Å². The Kier molecular flexibility index (Phi) is 11.9. The van der Waals surface area contributed by atoms with Gasteiger partial charge in [0.1, 0.15) is 62.0 Å². The van der Waals surface area contributed by atoms with Crippen molar-refractivity contribution in [3.8, 4) is 0 Å². The lowest BCUT2D eigenvalue weighted by molar-refractivity contribution is -0.162. The summed E-state index contributed by atoms with van der Waals surface area (Å²) in [4.78, 5) is 89.1. The number of nitrogens with zero attached hydrogens (tertiary/aromatic N) is 2. The summed E-state index contributed by atoms with van der Waals surface area (Å²) in [5, 5.41) is 0.472. The van der Waals surface area contributed by atoms with Crippen molar-refractivity contribution in [2.24, 2.45) is 5.92 Å². The zero-order chi connectivity index (χ0) is 47.0. The van der Waals surface area contributed by atoms with Crippen LogP contribution in [0.15, 0.2) is 41.6 Å². The van der Waals surface area contributed by atoms with Gasteiger partial charge in [-0.3, -0.25) is 9.20 Å². The number of aromatic nitrogens is 1. The first-order valence-corrected chi connectivity index (χ1v) is 20.7. The van der Waals surface area contributed by atoms with Crippen LogP contribution in [0.2, 0.25) is 0 Å². The molecule has 0 amide bonds. The number of hydrogen-bond donors (Lipinski definition) is 0. The van der Waals surface area contributed by atoms with E-state index in [4.69, 9.17) is 28.4 Å². The molecular weight excluding hydrogens is 797 g/mol.